The molecular weight excluding hydrogens is 605 g/mol. The summed E-state index contributed by atoms with van der Waals surface area (Å²) in [5, 5.41) is 0. The number of hydrogen-bond donors (Lipinski definition) is 0. The minimum Gasteiger partial charge on any atom is -0.756 e. The Morgan fingerprint density at radius 2 is 1.11 bits per heavy atom. The van der Waals surface area contributed by atoms with Crippen molar-refractivity contribution in [2.24, 2.45) is 0 Å². The van der Waals surface area contributed by atoms with E-state index in [-0.39, 0.29) is 26.1 Å². The summed E-state index contributed by atoms with van der Waals surface area (Å²) in [5.41, 5.74) is 0. The third-order valence-corrected chi connectivity index (χ3v) is 8.75. The Morgan fingerprint density at radius 3 is 1.61 bits per heavy atom. The molecule has 0 radical (unpaired) electrons. The molecule has 0 heterocycles. The second kappa shape index (κ2) is 29.9. The molecule has 0 rings (SSSR count). The van der Waals surface area contributed by atoms with Crippen LogP contribution in [0.2, 0.25) is 0 Å². The molecule has 9 nitrogen and oxygen atoms in total. The lowest BCUT2D eigenvalue weighted by Gasteiger charge is -2.28. The van der Waals surface area contributed by atoms with E-state index in [0.29, 0.717) is 17.4 Å². The highest BCUT2D eigenvalue weighted by Gasteiger charge is 2.21. The van der Waals surface area contributed by atoms with Gasteiger partial charge >= 0.3 is 11.9 Å². The van der Waals surface area contributed by atoms with Crippen LogP contribution in [-0.2, 0) is 32.7 Å². The van der Waals surface area contributed by atoms with E-state index in [4.69, 9.17) is 18.5 Å². The molecule has 0 N–H and O–H groups in total. The molecule has 0 aromatic heterocycles. The minimum absolute atomic E-state index is 0.0298. The molecule has 0 amide bonds. The average molecular weight is 676 g/mol. The number of phosphoric ester groups is 1. The molecule has 0 aliphatic heterocycles. The maximum atomic E-state index is 12.5. The number of rotatable bonds is 33. The molecule has 46 heavy (non-hydrogen) atoms. The number of allylic oxidation sites excluding steroid dienone is 2. The Labute approximate surface area is 282 Å². The number of carbonyl (C=O) groups excluding carboxylic acids is 2. The van der Waals surface area contributed by atoms with Crippen LogP contribution < -0.4 is 4.89 Å². The van der Waals surface area contributed by atoms with Gasteiger partial charge in [0.25, 0.3) is 7.82 Å². The molecule has 0 saturated heterocycles. The normalized spacial score (nSPS) is 14.0. The van der Waals surface area contributed by atoms with Crippen molar-refractivity contribution in [1.29, 1.82) is 0 Å². The second-order valence-corrected chi connectivity index (χ2v) is 15.0. The van der Waals surface area contributed by atoms with Crippen LogP contribution in [0.4, 0.5) is 0 Å². The summed E-state index contributed by atoms with van der Waals surface area (Å²) in [4.78, 5) is 37.1. The number of nitrogens with zero attached hydrogens (tertiary/aromatic N) is 1. The van der Waals surface area contributed by atoms with Gasteiger partial charge in [-0.2, -0.15) is 0 Å². The standard InChI is InChI=1S/C36H70NO8P/c1-6-8-10-12-14-15-16-17-18-19-20-21-23-24-26-28-35(38)42-32-34(33-44-46(40,41)43-31-30-37(3,4)5)45-36(39)29-27-25-22-13-11-9-7-2/h17-18,34H,6-16,19-33H2,1-5H3/b18-17+/t34-/m0/s1. The highest BCUT2D eigenvalue weighted by molar-refractivity contribution is 7.45. The van der Waals surface area contributed by atoms with Gasteiger partial charge in [0, 0.05) is 12.8 Å². The Bertz CT molecular complexity index is 814. The van der Waals surface area contributed by atoms with Crippen LogP contribution >= 0.6 is 7.82 Å². The fourth-order valence-electron chi connectivity index (χ4n) is 4.82. The Kier molecular flexibility index (Phi) is 29.0. The summed E-state index contributed by atoms with van der Waals surface area (Å²) in [5.74, 6) is -0.850. The van der Waals surface area contributed by atoms with Gasteiger partial charge in [0.1, 0.15) is 19.8 Å². The number of phosphoric acid groups is 1. The summed E-state index contributed by atoms with van der Waals surface area (Å²) in [7, 11) is 1.16. The summed E-state index contributed by atoms with van der Waals surface area (Å²) >= 11 is 0. The van der Waals surface area contributed by atoms with Gasteiger partial charge in [-0.1, -0.05) is 116 Å². The highest BCUT2D eigenvalue weighted by atomic mass is 31.2. The number of carbonyl (C=O) groups is 2. The van der Waals surface area contributed by atoms with Crippen molar-refractivity contribution in [3.8, 4) is 0 Å². The average Bonchev–Trinajstić information content (AvgIpc) is 2.99. The van der Waals surface area contributed by atoms with Crippen molar-refractivity contribution >= 4 is 19.8 Å². The first-order chi connectivity index (χ1) is 22.0. The van der Waals surface area contributed by atoms with Gasteiger partial charge in [-0.15, -0.1) is 0 Å². The molecule has 0 aromatic carbocycles. The predicted octanol–water partition coefficient (Wildman–Crippen LogP) is 8.83. The van der Waals surface area contributed by atoms with Crippen molar-refractivity contribution in [2.75, 3.05) is 47.5 Å². The van der Waals surface area contributed by atoms with Gasteiger partial charge in [-0.05, 0) is 38.5 Å². The Morgan fingerprint density at radius 1 is 0.652 bits per heavy atom. The Balaban J connectivity index is 4.37. The molecular formula is C36H70NO8P. The van der Waals surface area contributed by atoms with Gasteiger partial charge in [0.15, 0.2) is 6.10 Å². The lowest BCUT2D eigenvalue weighted by molar-refractivity contribution is -0.870. The van der Waals surface area contributed by atoms with E-state index in [1.165, 1.54) is 64.2 Å². The van der Waals surface area contributed by atoms with Crippen molar-refractivity contribution in [3.05, 3.63) is 12.2 Å². The SMILES string of the molecule is CCCCCCCC/C=C/CCCCCCCC(=O)OC[C@@H](COP(=O)([O-])OCC[N+](C)(C)C)OC(=O)CCCCCCCCC. The van der Waals surface area contributed by atoms with E-state index in [1.54, 1.807) is 0 Å². The third kappa shape index (κ3) is 32.7. The van der Waals surface area contributed by atoms with E-state index in [2.05, 4.69) is 26.0 Å². The zero-order valence-electron chi connectivity index (χ0n) is 30.3. The van der Waals surface area contributed by atoms with Crippen molar-refractivity contribution < 1.29 is 42.1 Å². The molecule has 0 bridgehead atoms. The van der Waals surface area contributed by atoms with Gasteiger partial charge < -0.3 is 27.9 Å². The second-order valence-electron chi connectivity index (χ2n) is 13.6. The zero-order chi connectivity index (χ0) is 34.4. The van der Waals surface area contributed by atoms with Crippen LogP contribution in [0.25, 0.3) is 0 Å². The maximum absolute atomic E-state index is 12.5. The topological polar surface area (TPSA) is 111 Å². The molecule has 0 fully saturated rings. The number of quaternary nitrogens is 1. The van der Waals surface area contributed by atoms with Gasteiger partial charge in [0.2, 0.25) is 0 Å². The molecule has 0 saturated carbocycles. The molecule has 0 aliphatic carbocycles. The number of likely N-dealkylation sites (N-methyl/N-ethyl adjacent to an activating group) is 1. The number of esters is 2. The van der Waals surface area contributed by atoms with E-state index in [0.717, 1.165) is 57.8 Å². The van der Waals surface area contributed by atoms with Crippen LogP contribution in [-0.4, -0.2) is 70.0 Å². The van der Waals surface area contributed by atoms with Crippen LogP contribution in [0, 0.1) is 0 Å². The van der Waals surface area contributed by atoms with Crippen LogP contribution in [0.1, 0.15) is 155 Å². The fourth-order valence-corrected chi connectivity index (χ4v) is 5.55. The summed E-state index contributed by atoms with van der Waals surface area (Å²) in [6.07, 6.45) is 26.9. The summed E-state index contributed by atoms with van der Waals surface area (Å²) in [6.45, 7) is 4.14. The summed E-state index contributed by atoms with van der Waals surface area (Å²) in [6, 6.07) is 0. The molecule has 272 valence electrons. The van der Waals surface area contributed by atoms with Gasteiger partial charge in [-0.25, -0.2) is 0 Å². The minimum atomic E-state index is -4.61. The van der Waals surface area contributed by atoms with E-state index < -0.39 is 32.5 Å². The summed E-state index contributed by atoms with van der Waals surface area (Å²) < 4.78 is 33.6. The predicted molar refractivity (Wildman–Crippen MR) is 185 cm³/mol. The zero-order valence-corrected chi connectivity index (χ0v) is 31.2. The molecule has 1 unspecified atom stereocenters. The molecule has 0 aromatic rings. The van der Waals surface area contributed by atoms with Gasteiger partial charge in [-0.3, -0.25) is 14.2 Å². The number of ether oxygens (including phenoxy) is 2. The smallest absolute Gasteiger partial charge is 0.306 e. The first kappa shape index (κ1) is 44.8. The van der Waals surface area contributed by atoms with E-state index >= 15 is 0 Å². The van der Waals surface area contributed by atoms with Crippen molar-refractivity contribution in [3.63, 3.8) is 0 Å². The first-order valence-electron chi connectivity index (χ1n) is 18.4. The fraction of sp³-hybridized carbons (Fsp3) is 0.889. The highest BCUT2D eigenvalue weighted by Crippen LogP contribution is 2.38. The molecule has 10 heteroatoms. The molecule has 0 spiro atoms. The third-order valence-electron chi connectivity index (χ3n) is 7.79. The van der Waals surface area contributed by atoms with Gasteiger partial charge in [0.05, 0.1) is 27.7 Å². The Hall–Kier alpha value is -1.25. The van der Waals surface area contributed by atoms with E-state index in [1.807, 2.05) is 21.1 Å². The molecule has 0 aliphatic rings. The van der Waals surface area contributed by atoms with Crippen LogP contribution in [0.15, 0.2) is 12.2 Å². The first-order valence-corrected chi connectivity index (χ1v) is 19.9. The number of hydrogen-bond acceptors (Lipinski definition) is 8. The quantitative estimate of drug-likeness (QED) is 0.0223. The van der Waals surface area contributed by atoms with Crippen molar-refractivity contribution in [2.45, 2.75) is 161 Å². The van der Waals surface area contributed by atoms with Crippen molar-refractivity contribution in [1.82, 2.24) is 0 Å². The van der Waals surface area contributed by atoms with Crippen LogP contribution in [0.5, 0.6) is 0 Å². The lowest BCUT2D eigenvalue weighted by atomic mass is 10.1. The lowest BCUT2D eigenvalue weighted by Crippen LogP contribution is -2.37. The van der Waals surface area contributed by atoms with Crippen LogP contribution in [0.3, 0.4) is 0 Å². The largest absolute Gasteiger partial charge is 0.756 e. The van der Waals surface area contributed by atoms with E-state index in [9.17, 15) is 19.0 Å². The number of unbranched alkanes of at least 4 members (excludes halogenated alkanes) is 17. The monoisotopic (exact) mass is 675 g/mol. The maximum Gasteiger partial charge on any atom is 0.306 e. The molecule has 2 atom stereocenters.